The Hall–Kier alpha value is -2.22. The van der Waals surface area contributed by atoms with Crippen LogP contribution in [0.5, 0.6) is 0 Å². The number of hydrogen-bond acceptors (Lipinski definition) is 4. The Bertz CT molecular complexity index is 749. The number of pyridine rings is 1. The fourth-order valence-electron chi connectivity index (χ4n) is 1.76. The Morgan fingerprint density at radius 3 is 2.55 bits per heavy atom. The van der Waals surface area contributed by atoms with Gasteiger partial charge in [-0.1, -0.05) is 6.92 Å². The van der Waals surface area contributed by atoms with Crippen LogP contribution in [0.15, 0.2) is 36.5 Å². The van der Waals surface area contributed by atoms with E-state index in [4.69, 9.17) is 0 Å². The van der Waals surface area contributed by atoms with Crippen molar-refractivity contribution in [3.8, 4) is 0 Å². The number of sulfonamides is 1. The number of benzene rings is 1. The Balaban J connectivity index is 2.09. The molecule has 0 fully saturated rings. The van der Waals surface area contributed by atoms with Crippen LogP contribution < -0.4 is 10.0 Å². The first kappa shape index (κ1) is 16.2. The lowest BCUT2D eigenvalue weighted by Crippen LogP contribution is -2.16. The van der Waals surface area contributed by atoms with Crippen LogP contribution in [0.1, 0.15) is 13.3 Å². The number of hydrogen-bond donors (Lipinski definition) is 2. The van der Waals surface area contributed by atoms with E-state index in [2.05, 4.69) is 15.0 Å². The van der Waals surface area contributed by atoms with E-state index in [-0.39, 0.29) is 11.4 Å². The van der Waals surface area contributed by atoms with Gasteiger partial charge in [0, 0.05) is 6.07 Å². The van der Waals surface area contributed by atoms with Gasteiger partial charge < -0.3 is 5.32 Å². The van der Waals surface area contributed by atoms with Gasteiger partial charge in [-0.25, -0.2) is 22.2 Å². The van der Waals surface area contributed by atoms with Crippen LogP contribution in [-0.2, 0) is 10.0 Å². The van der Waals surface area contributed by atoms with Crippen molar-refractivity contribution in [2.75, 3.05) is 15.8 Å². The first-order valence-corrected chi connectivity index (χ1v) is 8.23. The second-order valence-electron chi connectivity index (χ2n) is 4.60. The van der Waals surface area contributed by atoms with Crippen molar-refractivity contribution in [3.05, 3.63) is 48.2 Å². The van der Waals surface area contributed by atoms with Gasteiger partial charge in [0.05, 0.1) is 23.3 Å². The largest absolute Gasteiger partial charge is 0.338 e. The molecule has 0 amide bonds. The van der Waals surface area contributed by atoms with Crippen molar-refractivity contribution < 1.29 is 17.2 Å². The molecule has 2 aromatic rings. The first-order chi connectivity index (χ1) is 10.4. The summed E-state index contributed by atoms with van der Waals surface area (Å²) in [5, 5.41) is 2.68. The molecule has 0 saturated heterocycles. The van der Waals surface area contributed by atoms with E-state index < -0.39 is 21.7 Å². The van der Waals surface area contributed by atoms with Crippen molar-refractivity contribution in [2.45, 2.75) is 13.3 Å². The summed E-state index contributed by atoms with van der Waals surface area (Å²) in [4.78, 5) is 3.98. The van der Waals surface area contributed by atoms with Crippen LogP contribution in [0.4, 0.5) is 26.0 Å². The van der Waals surface area contributed by atoms with Crippen LogP contribution in [-0.4, -0.2) is 19.2 Å². The predicted molar refractivity (Wildman–Crippen MR) is 81.6 cm³/mol. The number of nitrogens with zero attached hydrogens (tertiary/aromatic N) is 1. The summed E-state index contributed by atoms with van der Waals surface area (Å²) in [6.45, 7) is 1.77. The summed E-state index contributed by atoms with van der Waals surface area (Å²) in [7, 11) is -3.38. The van der Waals surface area contributed by atoms with Crippen molar-refractivity contribution in [1.82, 2.24) is 4.98 Å². The van der Waals surface area contributed by atoms with E-state index in [9.17, 15) is 17.2 Å². The molecule has 0 spiro atoms. The number of aromatic nitrogens is 1. The molecular formula is C14H15F2N3O2S. The van der Waals surface area contributed by atoms with Gasteiger partial charge in [0.2, 0.25) is 10.0 Å². The summed E-state index contributed by atoms with van der Waals surface area (Å²) in [5.74, 6) is -1.08. The third kappa shape index (κ3) is 4.39. The van der Waals surface area contributed by atoms with Crippen LogP contribution in [0.2, 0.25) is 0 Å². The molecule has 0 saturated carbocycles. The molecular weight excluding hydrogens is 312 g/mol. The van der Waals surface area contributed by atoms with E-state index in [1.54, 1.807) is 6.92 Å². The second kappa shape index (κ2) is 6.69. The molecule has 1 heterocycles. The van der Waals surface area contributed by atoms with E-state index in [0.29, 0.717) is 17.9 Å². The zero-order valence-electron chi connectivity index (χ0n) is 11.8. The molecule has 2 rings (SSSR count). The minimum absolute atomic E-state index is 0.0216. The highest BCUT2D eigenvalue weighted by molar-refractivity contribution is 7.92. The highest BCUT2D eigenvalue weighted by Crippen LogP contribution is 2.20. The summed E-state index contributed by atoms with van der Waals surface area (Å²) in [6.07, 6.45) is 1.82. The molecule has 5 nitrogen and oxygen atoms in total. The average Bonchev–Trinajstić information content (AvgIpc) is 2.43. The summed E-state index contributed by atoms with van der Waals surface area (Å²) >= 11 is 0. The third-order valence-corrected chi connectivity index (χ3v) is 4.20. The maximum absolute atomic E-state index is 13.5. The second-order valence-corrected chi connectivity index (χ2v) is 6.44. The number of halogens is 2. The van der Waals surface area contributed by atoms with Crippen LogP contribution >= 0.6 is 0 Å². The van der Waals surface area contributed by atoms with E-state index in [1.807, 2.05) is 0 Å². The van der Waals surface area contributed by atoms with Gasteiger partial charge in [0.15, 0.2) is 0 Å². The number of rotatable bonds is 6. The topological polar surface area (TPSA) is 71.1 Å². The van der Waals surface area contributed by atoms with E-state index >= 15 is 0 Å². The molecule has 0 bridgehead atoms. The SMILES string of the molecule is CCCS(=O)(=O)Nc1ccc(Nc2ccc(F)cc2F)nc1. The zero-order valence-corrected chi connectivity index (χ0v) is 12.6. The molecule has 1 aromatic heterocycles. The lowest BCUT2D eigenvalue weighted by Gasteiger charge is -2.09. The molecule has 0 aliphatic heterocycles. The molecule has 0 aliphatic carbocycles. The van der Waals surface area contributed by atoms with Gasteiger partial charge in [-0.2, -0.15) is 0 Å². The lowest BCUT2D eigenvalue weighted by molar-refractivity contribution is 0.586. The maximum Gasteiger partial charge on any atom is 0.232 e. The van der Waals surface area contributed by atoms with Gasteiger partial charge in [-0.15, -0.1) is 0 Å². The van der Waals surface area contributed by atoms with Crippen LogP contribution in [0, 0.1) is 11.6 Å². The van der Waals surface area contributed by atoms with Crippen molar-refractivity contribution in [1.29, 1.82) is 0 Å². The molecule has 8 heteroatoms. The predicted octanol–water partition coefficient (Wildman–Crippen LogP) is 3.26. The molecule has 1 aromatic carbocycles. The van der Waals surface area contributed by atoms with Gasteiger partial charge in [0.25, 0.3) is 0 Å². The third-order valence-electron chi connectivity index (χ3n) is 2.70. The number of nitrogens with one attached hydrogen (secondary N) is 2. The first-order valence-electron chi connectivity index (χ1n) is 6.58. The zero-order chi connectivity index (χ0) is 16.2. The van der Waals surface area contributed by atoms with Crippen molar-refractivity contribution in [3.63, 3.8) is 0 Å². The minimum atomic E-state index is -3.38. The highest BCUT2D eigenvalue weighted by Gasteiger charge is 2.09. The Kier molecular flexibility index (Phi) is 4.92. The fraction of sp³-hybridized carbons (Fsp3) is 0.214. The van der Waals surface area contributed by atoms with Gasteiger partial charge in [-0.3, -0.25) is 4.72 Å². The van der Waals surface area contributed by atoms with Crippen molar-refractivity contribution in [2.24, 2.45) is 0 Å². The van der Waals surface area contributed by atoms with Crippen LogP contribution in [0.3, 0.4) is 0 Å². The highest BCUT2D eigenvalue weighted by atomic mass is 32.2. The van der Waals surface area contributed by atoms with Crippen LogP contribution in [0.25, 0.3) is 0 Å². The van der Waals surface area contributed by atoms with Gasteiger partial charge in [0.1, 0.15) is 17.5 Å². The van der Waals surface area contributed by atoms with Crippen molar-refractivity contribution >= 4 is 27.2 Å². The molecule has 0 unspecified atom stereocenters. The standard InChI is InChI=1S/C14H15F2N3O2S/c1-2-7-22(20,21)19-11-4-6-14(17-9-11)18-13-5-3-10(15)8-12(13)16/h3-6,8-9,19H,2,7H2,1H3,(H,17,18). The molecule has 0 aliphatic rings. The lowest BCUT2D eigenvalue weighted by atomic mass is 10.3. The van der Waals surface area contributed by atoms with E-state index in [0.717, 1.165) is 12.1 Å². The smallest absolute Gasteiger partial charge is 0.232 e. The average molecular weight is 327 g/mol. The summed E-state index contributed by atoms with van der Waals surface area (Å²) in [6, 6.07) is 6.13. The Labute approximate surface area is 127 Å². The normalized spacial score (nSPS) is 11.2. The summed E-state index contributed by atoms with van der Waals surface area (Å²) < 4.78 is 51.9. The Morgan fingerprint density at radius 2 is 1.95 bits per heavy atom. The Morgan fingerprint density at radius 1 is 1.18 bits per heavy atom. The number of anilines is 3. The fourth-order valence-corrected chi connectivity index (χ4v) is 2.88. The molecule has 0 radical (unpaired) electrons. The molecule has 118 valence electrons. The molecule has 0 atom stereocenters. The van der Waals surface area contributed by atoms with E-state index in [1.165, 1.54) is 24.4 Å². The quantitative estimate of drug-likeness (QED) is 0.854. The van der Waals surface area contributed by atoms with Gasteiger partial charge in [-0.05, 0) is 30.7 Å². The maximum atomic E-state index is 13.5. The van der Waals surface area contributed by atoms with Gasteiger partial charge >= 0.3 is 0 Å². The molecule has 22 heavy (non-hydrogen) atoms. The monoisotopic (exact) mass is 327 g/mol. The summed E-state index contributed by atoms with van der Waals surface area (Å²) in [5.41, 5.74) is 0.395. The molecule has 2 N–H and O–H groups in total. The minimum Gasteiger partial charge on any atom is -0.338 e.